The first-order valence-corrected chi connectivity index (χ1v) is 13.2. The van der Waals surface area contributed by atoms with Crippen LogP contribution in [0.1, 0.15) is 42.9 Å². The molecule has 12 heteroatoms. The summed E-state index contributed by atoms with van der Waals surface area (Å²) in [5, 5.41) is 19.8. The van der Waals surface area contributed by atoms with E-state index in [1.165, 1.54) is 25.1 Å². The van der Waals surface area contributed by atoms with E-state index in [4.69, 9.17) is 34.0 Å². The van der Waals surface area contributed by atoms with E-state index in [1.54, 1.807) is 0 Å². The van der Waals surface area contributed by atoms with Gasteiger partial charge < -0.3 is 33.8 Å². The summed E-state index contributed by atoms with van der Waals surface area (Å²) in [6.07, 6.45) is 6.57. The highest BCUT2D eigenvalue weighted by Gasteiger charge is 2.44. The van der Waals surface area contributed by atoms with E-state index in [0.29, 0.717) is 25.4 Å². The van der Waals surface area contributed by atoms with Crippen LogP contribution in [0.25, 0.3) is 11.0 Å². The summed E-state index contributed by atoms with van der Waals surface area (Å²) >= 11 is 0. The van der Waals surface area contributed by atoms with Gasteiger partial charge in [-0.05, 0) is 37.9 Å². The monoisotopic (exact) mass is 539 g/mol. The fourth-order valence-electron chi connectivity index (χ4n) is 5.44. The Balaban J connectivity index is 0.000000465. The first kappa shape index (κ1) is 26.8. The number of para-hydroxylation sites is 1. The molecule has 0 bridgehead atoms. The molecule has 2 N–H and O–H groups in total. The van der Waals surface area contributed by atoms with Gasteiger partial charge in [-0.1, -0.05) is 17.3 Å². The Kier molecular flexibility index (Phi) is 7.67. The number of ether oxygens (including phenoxy) is 1. The largest absolute Gasteiger partial charge is 0.473 e. The van der Waals surface area contributed by atoms with E-state index >= 15 is 0 Å². The second-order valence-electron chi connectivity index (χ2n) is 10.5. The molecule has 0 unspecified atom stereocenters. The minimum Gasteiger partial charge on any atom is -0.473 e. The molecular weight excluding hydrogens is 506 g/mol. The van der Waals surface area contributed by atoms with Gasteiger partial charge in [0.05, 0.1) is 18.7 Å². The third-order valence-electron chi connectivity index (χ3n) is 7.62. The van der Waals surface area contributed by atoms with E-state index in [-0.39, 0.29) is 17.9 Å². The van der Waals surface area contributed by atoms with Gasteiger partial charge in [-0.25, -0.2) is 14.6 Å². The van der Waals surface area contributed by atoms with Gasteiger partial charge in [-0.2, -0.15) is 0 Å². The molecule has 4 heterocycles. The van der Waals surface area contributed by atoms with Crippen LogP contribution in [0.4, 0.5) is 0 Å². The molecule has 1 saturated heterocycles. The van der Waals surface area contributed by atoms with Crippen molar-refractivity contribution in [3.8, 4) is 0 Å². The summed E-state index contributed by atoms with van der Waals surface area (Å²) in [6, 6.07) is 7.68. The standard InChI is InChI=1S/C25H31N5O3.C2H2O4/c1-28(16-18-6-7-18)17-19-15-26-24-25(32-13-12-30(19)24)8-10-29(11-9-25)23(31)14-21-20-4-2-3-5-22(20)33-27-21;3-1(4)2(5)6/h2-5,15,18H,6-14,16-17H2,1H3;(H,3,4)(H,5,6). The highest BCUT2D eigenvalue weighted by atomic mass is 16.5. The third-order valence-corrected chi connectivity index (χ3v) is 7.62. The summed E-state index contributed by atoms with van der Waals surface area (Å²) in [5.41, 5.74) is 2.31. The van der Waals surface area contributed by atoms with Crippen molar-refractivity contribution in [3.63, 3.8) is 0 Å². The number of hydrogen-bond donors (Lipinski definition) is 2. The number of carboxylic acids is 2. The first-order valence-electron chi connectivity index (χ1n) is 13.2. The van der Waals surface area contributed by atoms with Crippen LogP contribution < -0.4 is 0 Å². The van der Waals surface area contributed by atoms with Crippen LogP contribution >= 0.6 is 0 Å². The van der Waals surface area contributed by atoms with Crippen molar-refractivity contribution in [3.05, 3.63) is 47.7 Å². The number of aliphatic carboxylic acids is 2. The maximum absolute atomic E-state index is 13.0. The molecule has 12 nitrogen and oxygen atoms in total. The third kappa shape index (κ3) is 5.96. The smallest absolute Gasteiger partial charge is 0.414 e. The van der Waals surface area contributed by atoms with E-state index in [2.05, 4.69) is 21.7 Å². The minimum atomic E-state index is -1.82. The Labute approximate surface area is 225 Å². The number of likely N-dealkylation sites (tertiary alicyclic amines) is 1. The Morgan fingerprint density at radius 1 is 1.10 bits per heavy atom. The van der Waals surface area contributed by atoms with Gasteiger partial charge in [0.15, 0.2) is 5.58 Å². The highest BCUT2D eigenvalue weighted by Crippen LogP contribution is 2.39. The molecule has 2 aromatic heterocycles. The number of carboxylic acid groups (broad SMARTS) is 2. The predicted octanol–water partition coefficient (Wildman–Crippen LogP) is 2.11. The maximum atomic E-state index is 13.0. The van der Waals surface area contributed by atoms with Crippen molar-refractivity contribution in [2.45, 2.75) is 50.8 Å². The Morgan fingerprint density at radius 2 is 1.82 bits per heavy atom. The second-order valence-corrected chi connectivity index (χ2v) is 10.5. The van der Waals surface area contributed by atoms with Crippen LogP contribution in [0.15, 0.2) is 35.0 Å². The molecule has 208 valence electrons. The molecule has 0 radical (unpaired) electrons. The lowest BCUT2D eigenvalue weighted by molar-refractivity contribution is -0.159. The lowest BCUT2D eigenvalue weighted by atomic mass is 9.89. The fraction of sp³-hybridized carbons (Fsp3) is 0.519. The normalized spacial score (nSPS) is 18.1. The number of rotatable bonds is 6. The SMILES string of the molecule is CN(Cc1cnc2n1CCOC21CCN(C(=O)Cc2noc3ccccc23)CC1)CC1CC1.O=C(O)C(=O)O. The van der Waals surface area contributed by atoms with Crippen LogP contribution in [-0.4, -0.2) is 85.9 Å². The Morgan fingerprint density at radius 3 is 2.51 bits per heavy atom. The van der Waals surface area contributed by atoms with Crippen LogP contribution in [0.3, 0.4) is 0 Å². The number of fused-ring (bicyclic) bond motifs is 3. The Hall–Kier alpha value is -3.77. The highest BCUT2D eigenvalue weighted by molar-refractivity contribution is 6.27. The number of imidazole rings is 1. The van der Waals surface area contributed by atoms with Gasteiger partial charge in [0.2, 0.25) is 5.91 Å². The minimum absolute atomic E-state index is 0.0884. The second kappa shape index (κ2) is 11.1. The molecule has 1 amide bonds. The van der Waals surface area contributed by atoms with Crippen molar-refractivity contribution < 1.29 is 33.9 Å². The zero-order valence-corrected chi connectivity index (χ0v) is 21.9. The number of benzene rings is 1. The van der Waals surface area contributed by atoms with Crippen molar-refractivity contribution in [2.24, 2.45) is 5.92 Å². The van der Waals surface area contributed by atoms with E-state index in [1.807, 2.05) is 35.4 Å². The number of amides is 1. The number of carbonyl (C=O) groups is 3. The average molecular weight is 540 g/mol. The number of piperidine rings is 1. The average Bonchev–Trinajstić information content (AvgIpc) is 3.50. The number of carbonyl (C=O) groups excluding carboxylic acids is 1. The number of nitrogens with zero attached hydrogens (tertiary/aromatic N) is 5. The summed E-state index contributed by atoms with van der Waals surface area (Å²) < 4.78 is 14.1. The summed E-state index contributed by atoms with van der Waals surface area (Å²) in [6.45, 7) is 4.97. The van der Waals surface area contributed by atoms with Crippen LogP contribution in [0, 0.1) is 5.92 Å². The van der Waals surface area contributed by atoms with Gasteiger partial charge in [0.25, 0.3) is 0 Å². The van der Waals surface area contributed by atoms with Gasteiger partial charge in [-0.3, -0.25) is 4.79 Å². The molecular formula is C27H33N5O7. The molecule has 1 saturated carbocycles. The van der Waals surface area contributed by atoms with Crippen molar-refractivity contribution in [1.82, 2.24) is 24.5 Å². The van der Waals surface area contributed by atoms with E-state index in [9.17, 15) is 4.79 Å². The molecule has 2 fully saturated rings. The molecule has 0 atom stereocenters. The maximum Gasteiger partial charge on any atom is 0.414 e. The first-order chi connectivity index (χ1) is 18.8. The van der Waals surface area contributed by atoms with Gasteiger partial charge in [0, 0.05) is 57.1 Å². The molecule has 2 aliphatic heterocycles. The summed E-state index contributed by atoms with van der Waals surface area (Å²) in [5.74, 6) is -1.64. The van der Waals surface area contributed by atoms with Crippen molar-refractivity contribution in [2.75, 3.05) is 33.3 Å². The molecule has 6 rings (SSSR count). The zero-order valence-electron chi connectivity index (χ0n) is 21.9. The summed E-state index contributed by atoms with van der Waals surface area (Å²) in [7, 11) is 2.20. The molecule has 1 spiro atoms. The lowest BCUT2D eigenvalue weighted by Crippen LogP contribution is -2.50. The molecule has 1 aromatic carbocycles. The molecule has 39 heavy (non-hydrogen) atoms. The van der Waals surface area contributed by atoms with Crippen molar-refractivity contribution in [1.29, 1.82) is 0 Å². The van der Waals surface area contributed by atoms with Crippen LogP contribution in [0.5, 0.6) is 0 Å². The van der Waals surface area contributed by atoms with E-state index < -0.39 is 11.9 Å². The van der Waals surface area contributed by atoms with Crippen LogP contribution in [-0.2, 0) is 44.2 Å². The lowest BCUT2D eigenvalue weighted by Gasteiger charge is -2.43. The topological polar surface area (TPSA) is 151 Å². The van der Waals surface area contributed by atoms with Crippen molar-refractivity contribution >= 4 is 28.8 Å². The molecule has 1 aliphatic carbocycles. The Bertz CT molecular complexity index is 1340. The van der Waals surface area contributed by atoms with E-state index in [0.717, 1.165) is 48.6 Å². The number of hydrogen-bond acceptors (Lipinski definition) is 8. The predicted molar refractivity (Wildman–Crippen MR) is 138 cm³/mol. The molecule has 3 aromatic rings. The zero-order chi connectivity index (χ0) is 27.6. The fourth-order valence-corrected chi connectivity index (χ4v) is 5.44. The quantitative estimate of drug-likeness (QED) is 0.446. The molecule has 3 aliphatic rings. The van der Waals surface area contributed by atoms with Crippen LogP contribution in [0.2, 0.25) is 0 Å². The van der Waals surface area contributed by atoms with Gasteiger partial charge in [-0.15, -0.1) is 0 Å². The van der Waals surface area contributed by atoms with Gasteiger partial charge >= 0.3 is 11.9 Å². The van der Waals surface area contributed by atoms with Gasteiger partial charge in [0.1, 0.15) is 17.1 Å². The number of aromatic nitrogens is 3. The summed E-state index contributed by atoms with van der Waals surface area (Å²) in [4.78, 5) is 40.4.